The fourth-order valence-corrected chi connectivity index (χ4v) is 1.89. The van der Waals surface area contributed by atoms with Crippen LogP contribution in [0.15, 0.2) is 0 Å². The topological polar surface area (TPSA) is 71.1 Å². The van der Waals surface area contributed by atoms with E-state index in [9.17, 15) is 9.13 Å². The van der Waals surface area contributed by atoms with Gasteiger partial charge in [0, 0.05) is 9.13 Å². The average Bonchev–Trinajstić information content (AvgIpc) is 2.24. The SMILES string of the molecule is CCO[P+](=O)OCCCCO[P+](=O)OCC. The van der Waals surface area contributed by atoms with Crippen LogP contribution in [0.5, 0.6) is 0 Å². The second-order valence-corrected chi connectivity index (χ2v) is 4.58. The fraction of sp³-hybridized carbons (Fsp3) is 1.00. The molecule has 0 saturated carbocycles. The monoisotopic (exact) mass is 272 g/mol. The Morgan fingerprint density at radius 3 is 1.44 bits per heavy atom. The summed E-state index contributed by atoms with van der Waals surface area (Å²) in [6, 6.07) is 0. The van der Waals surface area contributed by atoms with Crippen molar-refractivity contribution in [1.82, 2.24) is 0 Å². The van der Waals surface area contributed by atoms with E-state index in [1.165, 1.54) is 0 Å². The molecule has 0 bridgehead atoms. The minimum atomic E-state index is -1.99. The molecule has 0 fully saturated rings. The van der Waals surface area contributed by atoms with E-state index in [0.29, 0.717) is 39.3 Å². The van der Waals surface area contributed by atoms with Gasteiger partial charge in [-0.05, 0) is 26.7 Å². The van der Waals surface area contributed by atoms with E-state index in [2.05, 4.69) is 0 Å². The Hall–Kier alpha value is 0.0400. The summed E-state index contributed by atoms with van der Waals surface area (Å²) in [4.78, 5) is 0. The molecule has 0 aromatic carbocycles. The molecule has 94 valence electrons. The van der Waals surface area contributed by atoms with Crippen LogP contribution in [0, 0.1) is 0 Å². The van der Waals surface area contributed by atoms with Gasteiger partial charge in [-0.15, -0.1) is 18.1 Å². The third-order valence-electron chi connectivity index (χ3n) is 1.40. The van der Waals surface area contributed by atoms with Gasteiger partial charge >= 0.3 is 16.5 Å². The third-order valence-corrected chi connectivity index (χ3v) is 3.13. The summed E-state index contributed by atoms with van der Waals surface area (Å²) >= 11 is 0. The molecule has 0 amide bonds. The summed E-state index contributed by atoms with van der Waals surface area (Å²) in [6.07, 6.45) is 1.34. The molecule has 2 unspecified atom stereocenters. The van der Waals surface area contributed by atoms with Crippen LogP contribution in [0.1, 0.15) is 26.7 Å². The van der Waals surface area contributed by atoms with Gasteiger partial charge in [-0.25, -0.2) is 0 Å². The Morgan fingerprint density at radius 2 is 1.12 bits per heavy atom. The predicted octanol–water partition coefficient (Wildman–Crippen LogP) is 3.19. The highest BCUT2D eigenvalue weighted by Gasteiger charge is 2.19. The van der Waals surface area contributed by atoms with Crippen molar-refractivity contribution in [2.45, 2.75) is 26.7 Å². The molecule has 0 aromatic heterocycles. The lowest BCUT2D eigenvalue weighted by Crippen LogP contribution is -1.94. The molecule has 0 saturated heterocycles. The molecule has 2 atom stereocenters. The van der Waals surface area contributed by atoms with Gasteiger partial charge in [0.25, 0.3) is 0 Å². The maximum atomic E-state index is 10.9. The van der Waals surface area contributed by atoms with Crippen LogP contribution < -0.4 is 0 Å². The van der Waals surface area contributed by atoms with Crippen molar-refractivity contribution in [1.29, 1.82) is 0 Å². The van der Waals surface area contributed by atoms with Crippen LogP contribution in [0.3, 0.4) is 0 Å². The molecular formula is C8H18O6P2+2. The molecule has 0 aromatic rings. The van der Waals surface area contributed by atoms with Crippen molar-refractivity contribution in [2.75, 3.05) is 26.4 Å². The van der Waals surface area contributed by atoms with Gasteiger partial charge in [0.15, 0.2) is 0 Å². The first-order valence-electron chi connectivity index (χ1n) is 5.16. The Balaban J connectivity index is 3.21. The largest absolute Gasteiger partial charge is 0.697 e. The first-order chi connectivity index (χ1) is 7.70. The van der Waals surface area contributed by atoms with Gasteiger partial charge in [0.1, 0.15) is 26.4 Å². The Morgan fingerprint density at radius 1 is 0.750 bits per heavy atom. The van der Waals surface area contributed by atoms with E-state index in [1.54, 1.807) is 13.8 Å². The minimum absolute atomic E-state index is 0.337. The van der Waals surface area contributed by atoms with E-state index in [4.69, 9.17) is 18.1 Å². The molecule has 0 rings (SSSR count). The summed E-state index contributed by atoms with van der Waals surface area (Å²) < 4.78 is 40.9. The van der Waals surface area contributed by atoms with E-state index >= 15 is 0 Å². The van der Waals surface area contributed by atoms with E-state index in [0.717, 1.165) is 0 Å². The lowest BCUT2D eigenvalue weighted by molar-refractivity contribution is 0.208. The van der Waals surface area contributed by atoms with Gasteiger partial charge in [-0.3, -0.25) is 0 Å². The lowest BCUT2D eigenvalue weighted by Gasteiger charge is -1.91. The number of unbranched alkanes of at least 4 members (excludes halogenated alkanes) is 1. The second kappa shape index (κ2) is 11.5. The Bertz CT molecular complexity index is 189. The smallest absolute Gasteiger partial charge is 0.119 e. The molecule has 0 aliphatic rings. The summed E-state index contributed by atoms with van der Waals surface area (Å²) in [6.45, 7) is 4.90. The molecule has 8 heteroatoms. The van der Waals surface area contributed by atoms with Crippen LogP contribution in [0.25, 0.3) is 0 Å². The maximum absolute atomic E-state index is 10.9. The first kappa shape index (κ1) is 16.0. The summed E-state index contributed by atoms with van der Waals surface area (Å²) in [5.74, 6) is 0. The lowest BCUT2D eigenvalue weighted by atomic mass is 10.3. The summed E-state index contributed by atoms with van der Waals surface area (Å²) in [7, 11) is -3.99. The van der Waals surface area contributed by atoms with Gasteiger partial charge in [0.05, 0.1) is 0 Å². The first-order valence-corrected chi connectivity index (χ1v) is 7.36. The molecule has 0 radical (unpaired) electrons. The molecule has 0 spiro atoms. The summed E-state index contributed by atoms with van der Waals surface area (Å²) in [5.41, 5.74) is 0. The standard InChI is InChI=1S/C8H18O6P2/c1-3-11-15(9)13-7-5-6-8-14-16(10)12-4-2/h3-8H2,1-2H3/q+2. The third kappa shape index (κ3) is 10.6. The van der Waals surface area contributed by atoms with Crippen molar-refractivity contribution >= 4 is 16.5 Å². The molecule has 0 heterocycles. The van der Waals surface area contributed by atoms with Crippen molar-refractivity contribution in [3.05, 3.63) is 0 Å². The molecule has 6 nitrogen and oxygen atoms in total. The van der Waals surface area contributed by atoms with Crippen molar-refractivity contribution in [3.63, 3.8) is 0 Å². The van der Waals surface area contributed by atoms with Gasteiger partial charge in [0.2, 0.25) is 0 Å². The van der Waals surface area contributed by atoms with Gasteiger partial charge in [-0.1, -0.05) is 0 Å². The maximum Gasteiger partial charge on any atom is 0.697 e. The van der Waals surface area contributed by atoms with Gasteiger partial charge < -0.3 is 0 Å². The van der Waals surface area contributed by atoms with Crippen LogP contribution >= 0.6 is 16.5 Å². The zero-order chi connectivity index (χ0) is 12.2. The predicted molar refractivity (Wildman–Crippen MR) is 59.6 cm³/mol. The van der Waals surface area contributed by atoms with Crippen molar-refractivity contribution < 1.29 is 27.2 Å². The van der Waals surface area contributed by atoms with Crippen LogP contribution in [0.2, 0.25) is 0 Å². The molecular weight excluding hydrogens is 254 g/mol. The van der Waals surface area contributed by atoms with E-state index < -0.39 is 16.5 Å². The quantitative estimate of drug-likeness (QED) is 0.425. The van der Waals surface area contributed by atoms with Crippen molar-refractivity contribution in [3.8, 4) is 0 Å². The zero-order valence-corrected chi connectivity index (χ0v) is 11.4. The molecule has 16 heavy (non-hydrogen) atoms. The fourth-order valence-electron chi connectivity index (χ4n) is 0.768. The molecule has 0 aliphatic heterocycles. The highest BCUT2D eigenvalue weighted by molar-refractivity contribution is 7.33. The van der Waals surface area contributed by atoms with E-state index in [-0.39, 0.29) is 0 Å². The number of rotatable bonds is 11. The molecule has 0 N–H and O–H groups in total. The van der Waals surface area contributed by atoms with Crippen LogP contribution in [-0.2, 0) is 27.2 Å². The van der Waals surface area contributed by atoms with Crippen LogP contribution in [0.4, 0.5) is 0 Å². The number of hydrogen-bond donors (Lipinski definition) is 0. The highest BCUT2D eigenvalue weighted by atomic mass is 31.1. The Kier molecular flexibility index (Phi) is 11.6. The van der Waals surface area contributed by atoms with E-state index in [1.807, 2.05) is 0 Å². The summed E-state index contributed by atoms with van der Waals surface area (Å²) in [5, 5.41) is 0. The van der Waals surface area contributed by atoms with Crippen LogP contribution in [-0.4, -0.2) is 26.4 Å². The highest BCUT2D eigenvalue weighted by Crippen LogP contribution is 2.25. The zero-order valence-electron chi connectivity index (χ0n) is 9.59. The average molecular weight is 272 g/mol. The van der Waals surface area contributed by atoms with Crippen molar-refractivity contribution in [2.24, 2.45) is 0 Å². The minimum Gasteiger partial charge on any atom is -0.119 e. The Labute approximate surface area is 97.5 Å². The molecule has 0 aliphatic carbocycles. The second-order valence-electron chi connectivity index (χ2n) is 2.66. The normalized spacial score (nSPS) is 12.6. The van der Waals surface area contributed by atoms with Gasteiger partial charge in [-0.2, -0.15) is 0 Å². The number of hydrogen-bond acceptors (Lipinski definition) is 6.